The Balaban J connectivity index is 0. The molecule has 0 radical (unpaired) electrons. The number of alkyl halides is 7. The van der Waals surface area contributed by atoms with Gasteiger partial charge in [0.25, 0.3) is 0 Å². The van der Waals surface area contributed by atoms with E-state index in [9.17, 15) is 0 Å². The normalized spacial score (nSPS) is 9.33. The molecule has 33 heavy (non-hydrogen) atoms. The fraction of sp³-hybridized carbons (Fsp3) is 0.231. The first kappa shape index (κ1) is 37.7. The van der Waals surface area contributed by atoms with Gasteiger partial charge in [-0.2, -0.15) is 0 Å². The summed E-state index contributed by atoms with van der Waals surface area (Å²) < 4.78 is 1.12. The highest BCUT2D eigenvalue weighted by Gasteiger charge is 2.07. The number of halogens is 7. The lowest BCUT2D eigenvalue weighted by atomic mass is 10.1. The van der Waals surface area contributed by atoms with Gasteiger partial charge in [0.05, 0.1) is 0 Å². The van der Waals surface area contributed by atoms with Crippen molar-refractivity contribution in [3.63, 3.8) is 0 Å². The Kier molecular flexibility index (Phi) is 28.3. The highest BCUT2D eigenvalue weighted by molar-refractivity contribution is 14.4. The lowest BCUT2D eigenvalue weighted by Crippen LogP contribution is -1.73. The minimum Gasteiger partial charge on any atom is -0.0683 e. The van der Waals surface area contributed by atoms with Gasteiger partial charge in [-0.05, 0) is 112 Å². The molecule has 7 heteroatoms. The summed E-state index contributed by atoms with van der Waals surface area (Å²) >= 11 is 16.3. The molecule has 0 aromatic heterocycles. The molecule has 4 aromatic carbocycles. The molecule has 0 aliphatic carbocycles. The molecule has 0 amide bonds. The Morgan fingerprint density at radius 1 is 0.424 bits per heavy atom. The number of fused-ring (bicyclic) bond motifs is 2. The van der Waals surface area contributed by atoms with Gasteiger partial charge in [0.2, 0.25) is 0 Å². The molecule has 0 atom stereocenters. The lowest BCUT2D eigenvalue weighted by molar-refractivity contribution is 1.50. The van der Waals surface area contributed by atoms with Crippen LogP contribution in [0, 0.1) is 0 Å². The standard InChI is InChI=1S/2C10H8.2C2H6.CI4.CHI3/c2*1-2-6-10-8-4-3-7-9(10)5-1;2*1-2;2-1(3,4)5;2-1(3)4/h2*1-8H;2*1-2H3;;1H. The van der Waals surface area contributed by atoms with Crippen molar-refractivity contribution in [1.82, 2.24) is 0 Å². The number of hydrogen-bond donors (Lipinski definition) is 0. The van der Waals surface area contributed by atoms with E-state index in [2.05, 4.69) is 255 Å². The summed E-state index contributed by atoms with van der Waals surface area (Å²) in [6.45, 7) is 8.00. The van der Waals surface area contributed by atoms with Gasteiger partial charge < -0.3 is 0 Å². The van der Waals surface area contributed by atoms with E-state index in [1.54, 1.807) is 0 Å². The molecule has 0 heterocycles. The quantitative estimate of drug-likeness (QED) is 0.122. The molecular formula is C26H29I7. The molecule has 0 unspecified atom stereocenters. The molecule has 4 rings (SSSR count). The van der Waals surface area contributed by atoms with Crippen LogP contribution in [0.2, 0.25) is 0 Å². The van der Waals surface area contributed by atoms with E-state index in [4.69, 9.17) is 0 Å². The van der Waals surface area contributed by atoms with Crippen molar-refractivity contribution in [2.45, 2.75) is 25.1 Å². The van der Waals surface area contributed by atoms with Crippen LogP contribution < -0.4 is 0 Å². The molecule has 0 aliphatic heterocycles. The largest absolute Gasteiger partial charge is 0.174 e. The predicted molar refractivity (Wildman–Crippen MR) is 215 cm³/mol. The van der Waals surface area contributed by atoms with Crippen LogP contribution in [0.25, 0.3) is 21.5 Å². The van der Waals surface area contributed by atoms with E-state index in [1.807, 2.05) is 27.7 Å². The van der Waals surface area contributed by atoms with Crippen molar-refractivity contribution >= 4 is 180 Å². The maximum absolute atomic E-state index is 2.34. The highest BCUT2D eigenvalue weighted by Crippen LogP contribution is 2.42. The van der Waals surface area contributed by atoms with Gasteiger partial charge in [-0.3, -0.25) is 0 Å². The van der Waals surface area contributed by atoms with Crippen LogP contribution in [0.3, 0.4) is 0 Å². The van der Waals surface area contributed by atoms with Crippen molar-refractivity contribution in [2.24, 2.45) is 0 Å². The SMILES string of the molecule is CC.CC.IC(I)(I)I.IC(I)I.c1ccc2ccccc2c1.c1ccc2ccccc2c1. The first-order valence-corrected chi connectivity index (χ1v) is 18.3. The van der Waals surface area contributed by atoms with E-state index in [0.29, 0.717) is -2.56 Å². The highest BCUT2D eigenvalue weighted by atomic mass is 127. The average molecular weight is 1230 g/mol. The van der Waals surface area contributed by atoms with E-state index in [0.717, 1.165) is -0.0619 Å². The lowest BCUT2D eigenvalue weighted by Gasteiger charge is -1.94. The summed E-state index contributed by atoms with van der Waals surface area (Å²) in [6.07, 6.45) is 0. The minimum atomic E-state index is 0.380. The third-order valence-electron chi connectivity index (χ3n) is 3.32. The van der Waals surface area contributed by atoms with E-state index >= 15 is 0 Å². The fourth-order valence-corrected chi connectivity index (χ4v) is 2.27. The Labute approximate surface area is 296 Å². The van der Waals surface area contributed by atoms with E-state index < -0.39 is 0 Å². The Morgan fingerprint density at radius 2 is 0.515 bits per heavy atom. The van der Waals surface area contributed by atoms with Gasteiger partial charge in [-0.25, -0.2) is 0 Å². The van der Waals surface area contributed by atoms with E-state index in [-0.39, 0.29) is 0 Å². The second-order valence-corrected chi connectivity index (χ2v) is 35.1. The van der Waals surface area contributed by atoms with Gasteiger partial charge in [0.1, 0.15) is -0.0619 Å². The second-order valence-electron chi connectivity index (χ2n) is 5.37. The summed E-state index contributed by atoms with van der Waals surface area (Å²) in [5.41, 5.74) is 0. The van der Waals surface area contributed by atoms with Crippen LogP contribution in [-0.4, -0.2) is -2.62 Å². The summed E-state index contributed by atoms with van der Waals surface area (Å²) in [4.78, 5) is 0. The maximum atomic E-state index is 2.34. The first-order valence-electron chi connectivity index (χ1n) is 10.2. The average Bonchev–Trinajstić information content (AvgIpc) is 2.81. The number of rotatable bonds is 0. The zero-order valence-electron chi connectivity index (χ0n) is 19.0. The Hall–Kier alpha value is 2.51. The fourth-order valence-electron chi connectivity index (χ4n) is 2.27. The molecule has 0 nitrogen and oxygen atoms in total. The number of hydrogen-bond acceptors (Lipinski definition) is 0. The van der Waals surface area contributed by atoms with Crippen molar-refractivity contribution in [3.05, 3.63) is 97.1 Å². The summed E-state index contributed by atoms with van der Waals surface area (Å²) in [5.74, 6) is 0. The molecule has 4 aromatic rings. The molecule has 0 aliphatic rings. The van der Waals surface area contributed by atoms with Gasteiger partial charge >= 0.3 is 0 Å². The Bertz CT molecular complexity index is 756. The first-order chi connectivity index (χ1) is 15.7. The Morgan fingerprint density at radius 3 is 0.606 bits per heavy atom. The smallest absolute Gasteiger partial charge is 0.0683 e. The molecule has 0 spiro atoms. The number of benzene rings is 4. The minimum absolute atomic E-state index is 0.380. The van der Waals surface area contributed by atoms with Crippen LogP contribution in [0.5, 0.6) is 0 Å². The van der Waals surface area contributed by atoms with Gasteiger partial charge in [0.15, 0.2) is -2.56 Å². The van der Waals surface area contributed by atoms with Gasteiger partial charge in [0, 0.05) is 0 Å². The monoisotopic (exact) mass is 1230 g/mol. The predicted octanol–water partition coefficient (Wildman–Crippen LogP) is 13.6. The van der Waals surface area contributed by atoms with Crippen molar-refractivity contribution in [1.29, 1.82) is 0 Å². The van der Waals surface area contributed by atoms with Gasteiger partial charge in [-0.15, -0.1) is 0 Å². The molecule has 0 N–H and O–H groups in total. The second kappa shape index (κ2) is 24.8. The topological polar surface area (TPSA) is 0 Å². The zero-order chi connectivity index (χ0) is 25.7. The van der Waals surface area contributed by atoms with E-state index in [1.165, 1.54) is 21.5 Å². The van der Waals surface area contributed by atoms with Crippen LogP contribution in [0.1, 0.15) is 27.7 Å². The van der Waals surface area contributed by atoms with Crippen LogP contribution in [0.4, 0.5) is 0 Å². The maximum Gasteiger partial charge on any atom is 0.174 e. The molecule has 0 saturated heterocycles. The summed E-state index contributed by atoms with van der Waals surface area (Å²) in [5, 5.41) is 5.24. The molecule has 182 valence electrons. The summed E-state index contributed by atoms with van der Waals surface area (Å²) in [6, 6.07) is 33.4. The van der Waals surface area contributed by atoms with Crippen molar-refractivity contribution < 1.29 is 0 Å². The summed E-state index contributed by atoms with van der Waals surface area (Å²) in [7, 11) is 0. The van der Waals surface area contributed by atoms with Crippen LogP contribution in [0.15, 0.2) is 97.1 Å². The van der Waals surface area contributed by atoms with Crippen molar-refractivity contribution in [2.75, 3.05) is 0 Å². The zero-order valence-corrected chi connectivity index (χ0v) is 34.1. The third-order valence-corrected chi connectivity index (χ3v) is 3.32. The molecule has 0 bridgehead atoms. The molecule has 0 saturated carbocycles. The molecule has 0 fully saturated rings. The molecular weight excluding hydrogens is 1200 g/mol. The third kappa shape index (κ3) is 24.6. The van der Waals surface area contributed by atoms with Crippen LogP contribution in [-0.2, 0) is 0 Å². The van der Waals surface area contributed by atoms with Gasteiger partial charge in [-0.1, -0.05) is 193 Å². The van der Waals surface area contributed by atoms with Crippen molar-refractivity contribution in [3.8, 4) is 0 Å². The van der Waals surface area contributed by atoms with Crippen LogP contribution >= 0.6 is 158 Å².